The fourth-order valence-electron chi connectivity index (χ4n) is 2.60. The van der Waals surface area contributed by atoms with E-state index in [0.717, 1.165) is 30.2 Å². The number of rotatable bonds is 7. The van der Waals surface area contributed by atoms with Gasteiger partial charge in [-0.05, 0) is 37.0 Å². The molecule has 2 aromatic rings. The minimum Gasteiger partial charge on any atom is -0.399 e. The summed E-state index contributed by atoms with van der Waals surface area (Å²) in [4.78, 5) is 15.4. The Morgan fingerprint density at radius 2 is 2.24 bits per heavy atom. The first-order valence-corrected chi connectivity index (χ1v) is 7.41. The lowest BCUT2D eigenvalue weighted by Crippen LogP contribution is -2.29. The summed E-state index contributed by atoms with van der Waals surface area (Å²) in [5.74, 6) is 0.231. The van der Waals surface area contributed by atoms with Gasteiger partial charge in [-0.15, -0.1) is 0 Å². The maximum absolute atomic E-state index is 12.3. The highest BCUT2D eigenvalue weighted by atomic mass is 16.3. The van der Waals surface area contributed by atoms with Gasteiger partial charge in [0, 0.05) is 35.9 Å². The predicted octanol–water partition coefficient (Wildman–Crippen LogP) is 2.28. The molecule has 0 aliphatic heterocycles. The first-order valence-electron chi connectivity index (χ1n) is 7.41. The normalized spacial score (nSPS) is 12.5. The minimum atomic E-state index is -0.0925. The Morgan fingerprint density at radius 3 is 2.95 bits per heavy atom. The number of aliphatic hydroxyl groups excluding tert-OH is 1. The van der Waals surface area contributed by atoms with Gasteiger partial charge in [0.05, 0.1) is 5.56 Å². The first kappa shape index (κ1) is 15.4. The molecule has 5 heteroatoms. The Bertz CT molecular complexity index is 601. The lowest BCUT2D eigenvalue weighted by Gasteiger charge is -2.15. The van der Waals surface area contributed by atoms with Crippen LogP contribution in [-0.2, 0) is 0 Å². The third kappa shape index (κ3) is 3.76. The van der Waals surface area contributed by atoms with Crippen molar-refractivity contribution in [3.8, 4) is 0 Å². The molecule has 0 radical (unpaired) electrons. The minimum absolute atomic E-state index is 0.0925. The standard InChI is InChI=1S/C16H23N3O2/c1-2-3-11(6-7-20)9-19-16(21)14-10-18-15-8-12(17)4-5-13(14)15/h4-5,8,10-11,18,20H,2-3,6-7,9,17H2,1H3,(H,19,21). The molecule has 2 rings (SSSR count). The fourth-order valence-corrected chi connectivity index (χ4v) is 2.60. The van der Waals surface area contributed by atoms with Crippen molar-refractivity contribution in [3.63, 3.8) is 0 Å². The Labute approximate surface area is 124 Å². The van der Waals surface area contributed by atoms with E-state index < -0.39 is 0 Å². The van der Waals surface area contributed by atoms with Gasteiger partial charge in [-0.2, -0.15) is 0 Å². The van der Waals surface area contributed by atoms with Crippen molar-refractivity contribution >= 4 is 22.5 Å². The van der Waals surface area contributed by atoms with Crippen LogP contribution in [0.5, 0.6) is 0 Å². The molecule has 0 saturated heterocycles. The van der Waals surface area contributed by atoms with Crippen molar-refractivity contribution in [3.05, 3.63) is 30.0 Å². The molecule has 1 amide bonds. The van der Waals surface area contributed by atoms with Gasteiger partial charge in [-0.25, -0.2) is 0 Å². The topological polar surface area (TPSA) is 91.1 Å². The summed E-state index contributed by atoms with van der Waals surface area (Å²) >= 11 is 0. The van der Waals surface area contributed by atoms with Crippen molar-refractivity contribution < 1.29 is 9.90 Å². The van der Waals surface area contributed by atoms with E-state index in [2.05, 4.69) is 17.2 Å². The third-order valence-electron chi connectivity index (χ3n) is 3.74. The third-order valence-corrected chi connectivity index (χ3v) is 3.74. The van der Waals surface area contributed by atoms with E-state index in [-0.39, 0.29) is 12.5 Å². The maximum Gasteiger partial charge on any atom is 0.253 e. The molecule has 0 bridgehead atoms. The molecule has 5 N–H and O–H groups in total. The van der Waals surface area contributed by atoms with Crippen LogP contribution < -0.4 is 11.1 Å². The van der Waals surface area contributed by atoms with Crippen LogP contribution in [0.2, 0.25) is 0 Å². The van der Waals surface area contributed by atoms with E-state index in [9.17, 15) is 4.79 Å². The van der Waals surface area contributed by atoms with Gasteiger partial charge in [0.15, 0.2) is 0 Å². The summed E-state index contributed by atoms with van der Waals surface area (Å²) in [6, 6.07) is 5.46. The zero-order valence-electron chi connectivity index (χ0n) is 12.4. The lowest BCUT2D eigenvalue weighted by atomic mass is 10.00. The second kappa shape index (κ2) is 7.13. The summed E-state index contributed by atoms with van der Waals surface area (Å²) in [6.45, 7) is 2.86. The molecular formula is C16H23N3O2. The van der Waals surface area contributed by atoms with Crippen LogP contribution in [0, 0.1) is 5.92 Å². The number of aromatic amines is 1. The number of aromatic nitrogens is 1. The quantitative estimate of drug-likeness (QED) is 0.589. The SMILES string of the molecule is CCCC(CCO)CNC(=O)c1c[nH]c2cc(N)ccc12. The van der Waals surface area contributed by atoms with Gasteiger partial charge in [-0.3, -0.25) is 4.79 Å². The molecule has 114 valence electrons. The Kier molecular flexibility index (Phi) is 5.22. The molecule has 0 aliphatic rings. The highest BCUT2D eigenvalue weighted by Gasteiger charge is 2.14. The van der Waals surface area contributed by atoms with Crippen LogP contribution in [0.25, 0.3) is 10.9 Å². The summed E-state index contributed by atoms with van der Waals surface area (Å²) in [6.07, 6.45) is 4.48. The van der Waals surface area contributed by atoms with Crippen LogP contribution in [0.1, 0.15) is 36.5 Å². The monoisotopic (exact) mass is 289 g/mol. The van der Waals surface area contributed by atoms with Crippen LogP contribution in [0.3, 0.4) is 0 Å². The Balaban J connectivity index is 2.05. The first-order chi connectivity index (χ1) is 10.2. The summed E-state index contributed by atoms with van der Waals surface area (Å²) in [5, 5.41) is 12.9. The smallest absolute Gasteiger partial charge is 0.253 e. The number of hydrogen-bond donors (Lipinski definition) is 4. The van der Waals surface area contributed by atoms with Gasteiger partial charge in [0.25, 0.3) is 5.91 Å². The van der Waals surface area contributed by atoms with Crippen molar-refractivity contribution in [1.29, 1.82) is 0 Å². The van der Waals surface area contributed by atoms with Crippen molar-refractivity contribution in [2.45, 2.75) is 26.2 Å². The number of aliphatic hydroxyl groups is 1. The highest BCUT2D eigenvalue weighted by Crippen LogP contribution is 2.20. The van der Waals surface area contributed by atoms with Crippen LogP contribution in [-0.4, -0.2) is 29.1 Å². The van der Waals surface area contributed by atoms with E-state index in [1.165, 1.54) is 0 Å². The number of benzene rings is 1. The Hall–Kier alpha value is -2.01. The molecule has 1 aromatic heterocycles. The number of carbonyl (C=O) groups is 1. The van der Waals surface area contributed by atoms with Crippen LogP contribution in [0.4, 0.5) is 5.69 Å². The zero-order chi connectivity index (χ0) is 15.2. The summed E-state index contributed by atoms with van der Waals surface area (Å²) in [7, 11) is 0. The molecule has 1 heterocycles. The van der Waals surface area contributed by atoms with Crippen LogP contribution >= 0.6 is 0 Å². The highest BCUT2D eigenvalue weighted by molar-refractivity contribution is 6.07. The number of carbonyl (C=O) groups excluding carboxylic acids is 1. The van der Waals surface area contributed by atoms with Crippen molar-refractivity contribution in [2.75, 3.05) is 18.9 Å². The number of nitrogen functional groups attached to an aromatic ring is 1. The van der Waals surface area contributed by atoms with E-state index >= 15 is 0 Å². The summed E-state index contributed by atoms with van der Waals surface area (Å²) in [5.41, 5.74) is 7.89. The molecule has 1 aromatic carbocycles. The number of anilines is 1. The van der Waals surface area contributed by atoms with Crippen molar-refractivity contribution in [2.24, 2.45) is 5.92 Å². The van der Waals surface area contributed by atoms with Gasteiger partial charge >= 0.3 is 0 Å². The molecule has 0 spiro atoms. The number of fused-ring (bicyclic) bond motifs is 1. The molecule has 5 nitrogen and oxygen atoms in total. The van der Waals surface area contributed by atoms with E-state index in [0.29, 0.717) is 23.7 Å². The molecule has 1 unspecified atom stereocenters. The van der Waals surface area contributed by atoms with E-state index in [4.69, 9.17) is 10.8 Å². The summed E-state index contributed by atoms with van der Waals surface area (Å²) < 4.78 is 0. The van der Waals surface area contributed by atoms with E-state index in [1.54, 1.807) is 12.3 Å². The molecule has 0 saturated carbocycles. The average Bonchev–Trinajstić information content (AvgIpc) is 2.87. The average molecular weight is 289 g/mol. The maximum atomic E-state index is 12.3. The second-order valence-corrected chi connectivity index (χ2v) is 5.38. The molecule has 21 heavy (non-hydrogen) atoms. The second-order valence-electron chi connectivity index (χ2n) is 5.38. The predicted molar refractivity (Wildman–Crippen MR) is 85.1 cm³/mol. The molecular weight excluding hydrogens is 266 g/mol. The van der Waals surface area contributed by atoms with Gasteiger partial charge in [-0.1, -0.05) is 13.3 Å². The lowest BCUT2D eigenvalue weighted by molar-refractivity contribution is 0.0944. The van der Waals surface area contributed by atoms with Gasteiger partial charge in [0.2, 0.25) is 0 Å². The Morgan fingerprint density at radius 1 is 1.43 bits per heavy atom. The molecule has 1 atom stereocenters. The number of amides is 1. The largest absolute Gasteiger partial charge is 0.399 e. The number of hydrogen-bond acceptors (Lipinski definition) is 3. The van der Waals surface area contributed by atoms with Gasteiger partial charge < -0.3 is 21.1 Å². The van der Waals surface area contributed by atoms with E-state index in [1.807, 2.05) is 12.1 Å². The number of nitrogens with two attached hydrogens (primary N) is 1. The van der Waals surface area contributed by atoms with Crippen molar-refractivity contribution in [1.82, 2.24) is 10.3 Å². The molecule has 0 fully saturated rings. The van der Waals surface area contributed by atoms with Crippen LogP contribution in [0.15, 0.2) is 24.4 Å². The zero-order valence-corrected chi connectivity index (χ0v) is 12.4. The fraction of sp³-hybridized carbons (Fsp3) is 0.438. The number of nitrogens with one attached hydrogen (secondary N) is 2. The number of H-pyrrole nitrogens is 1. The molecule has 0 aliphatic carbocycles. The van der Waals surface area contributed by atoms with Gasteiger partial charge in [0.1, 0.15) is 0 Å².